The van der Waals surface area contributed by atoms with Gasteiger partial charge in [-0.15, -0.1) is 0 Å². The molecule has 0 bridgehead atoms. The molecule has 0 unspecified atom stereocenters. The molecule has 1 N–H and O–H groups in total. The first-order valence-corrected chi connectivity index (χ1v) is 13.0. The lowest BCUT2D eigenvalue weighted by Crippen LogP contribution is -2.37. The molecule has 0 spiro atoms. The maximum absolute atomic E-state index is 13.8. The average molecular weight is 517 g/mol. The van der Waals surface area contributed by atoms with E-state index in [0.717, 1.165) is 12.8 Å². The highest BCUT2D eigenvalue weighted by atomic mass is 16.7. The molecule has 0 aliphatic carbocycles. The number of methoxy groups -OCH3 is 1. The Balaban J connectivity index is 1.41. The van der Waals surface area contributed by atoms with Gasteiger partial charge in [0.25, 0.3) is 5.91 Å². The zero-order chi connectivity index (χ0) is 26.6. The highest BCUT2D eigenvalue weighted by Crippen LogP contribution is 2.48. The SMILES string of the molecule is CCCCCCOc1ccc(N2C(=O)[C@H]3[C@@H](ON(c4ccccc4)[C@H]3c3ccc(O)c(OC)c3)C2=O)cc1. The summed E-state index contributed by atoms with van der Waals surface area (Å²) in [4.78, 5) is 34.7. The van der Waals surface area contributed by atoms with Gasteiger partial charge in [0.05, 0.1) is 31.1 Å². The average Bonchev–Trinajstić information content (AvgIpc) is 3.45. The second kappa shape index (κ2) is 11.1. The molecule has 0 saturated carbocycles. The van der Waals surface area contributed by atoms with Gasteiger partial charge >= 0.3 is 0 Å². The van der Waals surface area contributed by atoms with Crippen molar-refractivity contribution in [3.63, 3.8) is 0 Å². The zero-order valence-corrected chi connectivity index (χ0v) is 21.6. The predicted molar refractivity (Wildman–Crippen MR) is 143 cm³/mol. The van der Waals surface area contributed by atoms with E-state index in [1.54, 1.807) is 41.5 Å². The first kappa shape index (κ1) is 25.6. The number of phenolic OH excluding ortho intramolecular Hbond substituents is 1. The van der Waals surface area contributed by atoms with Crippen molar-refractivity contribution in [2.45, 2.75) is 44.8 Å². The fourth-order valence-corrected chi connectivity index (χ4v) is 5.10. The summed E-state index contributed by atoms with van der Waals surface area (Å²) in [5.41, 5.74) is 1.88. The molecular formula is C30H32N2O6. The van der Waals surface area contributed by atoms with Gasteiger partial charge in [0.2, 0.25) is 5.91 Å². The lowest BCUT2D eigenvalue weighted by molar-refractivity contribution is -0.126. The van der Waals surface area contributed by atoms with Crippen LogP contribution in [0.25, 0.3) is 0 Å². The van der Waals surface area contributed by atoms with Crippen LogP contribution in [0.1, 0.15) is 44.2 Å². The molecule has 8 heteroatoms. The van der Waals surface area contributed by atoms with Crippen LogP contribution in [0.2, 0.25) is 0 Å². The van der Waals surface area contributed by atoms with Crippen molar-refractivity contribution in [2.75, 3.05) is 23.7 Å². The van der Waals surface area contributed by atoms with Crippen LogP contribution >= 0.6 is 0 Å². The molecule has 2 aliphatic heterocycles. The minimum Gasteiger partial charge on any atom is -0.504 e. The van der Waals surface area contributed by atoms with E-state index in [2.05, 4.69) is 6.92 Å². The van der Waals surface area contributed by atoms with E-state index in [1.165, 1.54) is 30.9 Å². The number of fused-ring (bicyclic) bond motifs is 1. The highest BCUT2D eigenvalue weighted by Gasteiger charge is 2.60. The van der Waals surface area contributed by atoms with Gasteiger partial charge in [-0.2, -0.15) is 0 Å². The number of hydrogen-bond donors (Lipinski definition) is 1. The maximum Gasteiger partial charge on any atom is 0.266 e. The molecule has 2 heterocycles. The summed E-state index contributed by atoms with van der Waals surface area (Å²) in [6.45, 7) is 2.80. The summed E-state index contributed by atoms with van der Waals surface area (Å²) >= 11 is 0. The van der Waals surface area contributed by atoms with Gasteiger partial charge in [0.15, 0.2) is 17.6 Å². The van der Waals surface area contributed by atoms with Gasteiger partial charge in [0.1, 0.15) is 11.7 Å². The minimum absolute atomic E-state index is 0.0129. The number of carbonyl (C=O) groups is 2. The number of amides is 2. The van der Waals surface area contributed by atoms with E-state index in [-0.39, 0.29) is 17.4 Å². The zero-order valence-electron chi connectivity index (χ0n) is 21.6. The molecule has 3 aromatic carbocycles. The molecule has 3 aromatic rings. The Morgan fingerprint density at radius 2 is 1.66 bits per heavy atom. The fourth-order valence-electron chi connectivity index (χ4n) is 5.10. The van der Waals surface area contributed by atoms with Crippen molar-refractivity contribution in [1.29, 1.82) is 0 Å². The number of unbranched alkanes of at least 4 members (excludes halogenated alkanes) is 3. The number of hydrogen-bond acceptors (Lipinski definition) is 7. The third-order valence-corrected chi connectivity index (χ3v) is 7.03. The monoisotopic (exact) mass is 516 g/mol. The van der Waals surface area contributed by atoms with Gasteiger partial charge in [-0.05, 0) is 60.5 Å². The fraction of sp³-hybridized carbons (Fsp3) is 0.333. The quantitative estimate of drug-likeness (QED) is 0.285. The molecule has 2 fully saturated rings. The molecule has 2 saturated heterocycles. The van der Waals surface area contributed by atoms with Crippen molar-refractivity contribution < 1.29 is 29.0 Å². The smallest absolute Gasteiger partial charge is 0.266 e. The summed E-state index contributed by atoms with van der Waals surface area (Å²) in [5, 5.41) is 11.8. The van der Waals surface area contributed by atoms with E-state index in [1.807, 2.05) is 30.3 Å². The number of hydroxylamine groups is 1. The molecule has 2 aliphatic rings. The van der Waals surface area contributed by atoms with Gasteiger partial charge in [-0.3, -0.25) is 14.4 Å². The number of imide groups is 1. The third kappa shape index (κ3) is 4.79. The number of phenols is 1. The van der Waals surface area contributed by atoms with Crippen LogP contribution in [-0.2, 0) is 14.4 Å². The number of para-hydroxylation sites is 1. The summed E-state index contributed by atoms with van der Waals surface area (Å²) in [6.07, 6.45) is 3.48. The third-order valence-electron chi connectivity index (χ3n) is 7.03. The van der Waals surface area contributed by atoms with Gasteiger partial charge in [0, 0.05) is 0 Å². The van der Waals surface area contributed by atoms with Crippen LogP contribution in [0.4, 0.5) is 11.4 Å². The molecule has 3 atom stereocenters. The van der Waals surface area contributed by atoms with Gasteiger partial charge in [-0.1, -0.05) is 50.5 Å². The van der Waals surface area contributed by atoms with E-state index in [0.29, 0.717) is 29.3 Å². The van der Waals surface area contributed by atoms with Crippen LogP contribution in [0.15, 0.2) is 72.8 Å². The van der Waals surface area contributed by atoms with Crippen LogP contribution in [0.5, 0.6) is 17.2 Å². The highest BCUT2D eigenvalue weighted by molar-refractivity contribution is 6.23. The molecule has 2 amide bonds. The first-order chi connectivity index (χ1) is 18.5. The maximum atomic E-state index is 13.8. The molecule has 38 heavy (non-hydrogen) atoms. The van der Waals surface area contributed by atoms with E-state index in [9.17, 15) is 14.7 Å². The predicted octanol–water partition coefficient (Wildman–Crippen LogP) is 5.41. The lowest BCUT2D eigenvalue weighted by Gasteiger charge is -2.29. The largest absolute Gasteiger partial charge is 0.504 e. The Labute approximate surface area is 222 Å². The summed E-state index contributed by atoms with van der Waals surface area (Å²) in [6, 6.07) is 20.7. The van der Waals surface area contributed by atoms with Crippen molar-refractivity contribution in [2.24, 2.45) is 5.92 Å². The van der Waals surface area contributed by atoms with Crippen molar-refractivity contribution in [3.8, 4) is 17.2 Å². The topological polar surface area (TPSA) is 88.5 Å². The molecule has 5 rings (SSSR count). The molecule has 8 nitrogen and oxygen atoms in total. The number of aromatic hydroxyl groups is 1. The summed E-state index contributed by atoms with van der Waals surface area (Å²) in [7, 11) is 1.46. The number of nitrogens with zero attached hydrogens (tertiary/aromatic N) is 2. The Morgan fingerprint density at radius 3 is 2.37 bits per heavy atom. The van der Waals surface area contributed by atoms with Crippen molar-refractivity contribution in [3.05, 3.63) is 78.4 Å². The van der Waals surface area contributed by atoms with Crippen LogP contribution < -0.4 is 19.4 Å². The number of ether oxygens (including phenoxy) is 2. The Hall–Kier alpha value is -4.04. The molecule has 198 valence electrons. The lowest BCUT2D eigenvalue weighted by atomic mass is 9.90. The van der Waals surface area contributed by atoms with Crippen LogP contribution in [-0.4, -0.2) is 36.7 Å². The van der Waals surface area contributed by atoms with E-state index in [4.69, 9.17) is 14.3 Å². The summed E-state index contributed by atoms with van der Waals surface area (Å²) in [5.74, 6) is -0.582. The summed E-state index contributed by atoms with van der Waals surface area (Å²) < 4.78 is 11.1. The van der Waals surface area contributed by atoms with Crippen LogP contribution in [0.3, 0.4) is 0 Å². The molecular weight excluding hydrogens is 484 g/mol. The number of benzene rings is 3. The number of carbonyl (C=O) groups excluding carboxylic acids is 2. The second-order valence-corrected chi connectivity index (χ2v) is 9.50. The molecule has 0 aromatic heterocycles. The normalized spacial score (nSPS) is 20.6. The standard InChI is InChI=1S/C30H32N2O6/c1-3-4-5-9-18-37-23-15-13-21(14-16-23)31-29(34)26-27(20-12-17-24(33)25(19-20)36-2)32(38-28(26)30(31)35)22-10-7-6-8-11-22/h6-8,10-17,19,26-28,33H,3-5,9,18H2,1-2H3/t26-,27+,28-/m1/s1. The van der Waals surface area contributed by atoms with E-state index < -0.39 is 24.0 Å². The second-order valence-electron chi connectivity index (χ2n) is 9.50. The Morgan fingerprint density at radius 1 is 0.895 bits per heavy atom. The first-order valence-electron chi connectivity index (χ1n) is 13.0. The van der Waals surface area contributed by atoms with Crippen LogP contribution in [0, 0.1) is 5.92 Å². The van der Waals surface area contributed by atoms with Gasteiger partial charge < -0.3 is 14.6 Å². The number of rotatable bonds is 10. The number of anilines is 2. The van der Waals surface area contributed by atoms with Crippen molar-refractivity contribution >= 4 is 23.2 Å². The Bertz CT molecular complexity index is 1280. The van der Waals surface area contributed by atoms with Gasteiger partial charge in [-0.25, -0.2) is 9.96 Å². The Kier molecular flexibility index (Phi) is 7.51. The van der Waals surface area contributed by atoms with E-state index >= 15 is 0 Å². The minimum atomic E-state index is -0.984. The van der Waals surface area contributed by atoms with Crippen molar-refractivity contribution in [1.82, 2.24) is 0 Å². The molecule has 0 radical (unpaired) electrons.